The second-order valence-corrected chi connectivity index (χ2v) is 7.87. The monoisotopic (exact) mass is 351 g/mol. The Bertz CT molecular complexity index is 1190. The summed E-state index contributed by atoms with van der Waals surface area (Å²) in [4.78, 5) is 3.60. The fourth-order valence-electron chi connectivity index (χ4n) is 3.53. The zero-order valence-electron chi connectivity index (χ0n) is 14.2. The maximum atomic E-state index is 3.60. The van der Waals surface area contributed by atoms with Crippen LogP contribution in [0.25, 0.3) is 32.9 Å². The highest BCUT2D eigenvalue weighted by Crippen LogP contribution is 2.32. The van der Waals surface area contributed by atoms with E-state index in [1.165, 1.54) is 43.5 Å². The van der Waals surface area contributed by atoms with Crippen LogP contribution in [-0.2, 0) is 0 Å². The Labute approximate surface area is 154 Å². The molecule has 0 radical (unpaired) electrons. The number of hydrogen-bond donors (Lipinski definition) is 1. The van der Waals surface area contributed by atoms with Gasteiger partial charge in [0.15, 0.2) is 0 Å². The number of aromatic amines is 1. The van der Waals surface area contributed by atoms with E-state index >= 15 is 0 Å². The van der Waals surface area contributed by atoms with E-state index in [1.54, 1.807) is 0 Å². The molecule has 0 aliphatic heterocycles. The molecule has 0 bridgehead atoms. The van der Waals surface area contributed by atoms with Crippen LogP contribution < -0.4 is 10.6 Å². The van der Waals surface area contributed by atoms with Crippen molar-refractivity contribution in [1.82, 2.24) is 4.98 Å². The molecule has 5 rings (SSSR count). The Kier molecular flexibility index (Phi) is 3.81. The molecule has 124 valence electrons. The van der Waals surface area contributed by atoms with E-state index in [-0.39, 0.29) is 0 Å². The van der Waals surface area contributed by atoms with Crippen LogP contribution in [-0.4, -0.2) is 4.98 Å². The fraction of sp³-hybridized carbons (Fsp3) is 0. The Morgan fingerprint density at radius 1 is 0.538 bits per heavy atom. The first kappa shape index (κ1) is 15.4. The number of benzene rings is 4. The van der Waals surface area contributed by atoms with Gasteiger partial charge in [0.05, 0.1) is 5.52 Å². The molecule has 1 atom stereocenters. The van der Waals surface area contributed by atoms with Crippen LogP contribution >= 0.6 is 8.58 Å². The molecule has 2 heteroatoms. The topological polar surface area (TPSA) is 15.8 Å². The number of aromatic nitrogens is 1. The van der Waals surface area contributed by atoms with Crippen molar-refractivity contribution in [3.63, 3.8) is 0 Å². The molecule has 1 unspecified atom stereocenters. The van der Waals surface area contributed by atoms with E-state index in [1.807, 2.05) is 0 Å². The van der Waals surface area contributed by atoms with Crippen LogP contribution in [0.2, 0.25) is 0 Å². The molecular formula is C24H18NP. The van der Waals surface area contributed by atoms with Gasteiger partial charge in [-0.1, -0.05) is 99.6 Å². The molecule has 0 saturated carbocycles. The molecule has 26 heavy (non-hydrogen) atoms. The van der Waals surface area contributed by atoms with Crippen molar-refractivity contribution < 1.29 is 0 Å². The summed E-state index contributed by atoms with van der Waals surface area (Å²) in [5, 5.41) is 5.31. The standard InChI is InChI=1S/C24H18NP/c1-2-7-18(8-3-1)26-19-15-13-17(14-16-19)20-10-6-11-22-21-9-4-5-12-23(21)25-24(20)22/h1-16,25-26H. The van der Waals surface area contributed by atoms with Crippen molar-refractivity contribution in [3.8, 4) is 11.1 Å². The number of fused-ring (bicyclic) bond motifs is 3. The van der Waals surface area contributed by atoms with Crippen LogP contribution in [0.5, 0.6) is 0 Å². The minimum atomic E-state index is 0.696. The third kappa shape index (κ3) is 2.71. The largest absolute Gasteiger partial charge is 0.354 e. The van der Waals surface area contributed by atoms with Crippen molar-refractivity contribution in [2.75, 3.05) is 0 Å². The van der Waals surface area contributed by atoms with Gasteiger partial charge >= 0.3 is 0 Å². The summed E-state index contributed by atoms with van der Waals surface area (Å²) >= 11 is 0. The number of hydrogen-bond acceptors (Lipinski definition) is 0. The Morgan fingerprint density at radius 2 is 1.23 bits per heavy atom. The van der Waals surface area contributed by atoms with Gasteiger partial charge in [0.1, 0.15) is 0 Å². The quantitative estimate of drug-likeness (QED) is 0.406. The molecule has 1 heterocycles. The van der Waals surface area contributed by atoms with Gasteiger partial charge < -0.3 is 4.98 Å². The highest BCUT2D eigenvalue weighted by molar-refractivity contribution is 7.55. The molecule has 0 saturated heterocycles. The van der Waals surface area contributed by atoms with E-state index in [2.05, 4.69) is 102 Å². The second kappa shape index (κ2) is 6.44. The summed E-state index contributed by atoms with van der Waals surface area (Å²) in [7, 11) is 0.696. The minimum Gasteiger partial charge on any atom is -0.354 e. The van der Waals surface area contributed by atoms with Crippen LogP contribution in [0.4, 0.5) is 0 Å². The highest BCUT2D eigenvalue weighted by atomic mass is 31.1. The van der Waals surface area contributed by atoms with Gasteiger partial charge in [-0.15, -0.1) is 0 Å². The SMILES string of the molecule is c1ccc(Pc2ccc(-c3cccc4c3[nH]c3ccccc34)cc2)cc1. The molecule has 0 aliphatic carbocycles. The number of H-pyrrole nitrogens is 1. The van der Waals surface area contributed by atoms with Gasteiger partial charge in [-0.25, -0.2) is 0 Å². The smallest absolute Gasteiger partial charge is 0.0544 e. The normalized spacial score (nSPS) is 11.7. The second-order valence-electron chi connectivity index (χ2n) is 6.47. The van der Waals surface area contributed by atoms with Crippen molar-refractivity contribution in [3.05, 3.63) is 97.1 Å². The predicted molar refractivity (Wildman–Crippen MR) is 115 cm³/mol. The van der Waals surface area contributed by atoms with Crippen molar-refractivity contribution >= 4 is 41.0 Å². The van der Waals surface area contributed by atoms with Gasteiger partial charge in [-0.2, -0.15) is 0 Å². The molecule has 1 N–H and O–H groups in total. The summed E-state index contributed by atoms with van der Waals surface area (Å²) in [6.45, 7) is 0. The van der Waals surface area contributed by atoms with E-state index in [0.717, 1.165) is 0 Å². The van der Waals surface area contributed by atoms with Crippen LogP contribution in [0.1, 0.15) is 0 Å². The summed E-state index contributed by atoms with van der Waals surface area (Å²) < 4.78 is 0. The van der Waals surface area contributed by atoms with Gasteiger partial charge in [-0.05, 0) is 22.2 Å². The summed E-state index contributed by atoms with van der Waals surface area (Å²) in [5.41, 5.74) is 4.92. The average molecular weight is 351 g/mol. The Morgan fingerprint density at radius 3 is 2.08 bits per heavy atom. The lowest BCUT2D eigenvalue weighted by molar-refractivity contribution is 1.54. The zero-order valence-corrected chi connectivity index (χ0v) is 15.2. The third-order valence-electron chi connectivity index (χ3n) is 4.80. The Balaban J connectivity index is 1.55. The molecule has 4 aromatic carbocycles. The van der Waals surface area contributed by atoms with Crippen LogP contribution in [0, 0.1) is 0 Å². The molecule has 5 aromatic rings. The first-order valence-corrected chi connectivity index (χ1v) is 9.80. The lowest BCUT2D eigenvalue weighted by atomic mass is 10.0. The number of para-hydroxylation sites is 2. The van der Waals surface area contributed by atoms with E-state index < -0.39 is 0 Å². The van der Waals surface area contributed by atoms with Crippen molar-refractivity contribution in [2.45, 2.75) is 0 Å². The van der Waals surface area contributed by atoms with Gasteiger partial charge in [-0.3, -0.25) is 0 Å². The van der Waals surface area contributed by atoms with Crippen molar-refractivity contribution in [1.29, 1.82) is 0 Å². The molecule has 0 spiro atoms. The third-order valence-corrected chi connectivity index (χ3v) is 6.04. The average Bonchev–Trinajstić information content (AvgIpc) is 3.08. The molecule has 1 aromatic heterocycles. The fourth-order valence-corrected chi connectivity index (χ4v) is 4.56. The summed E-state index contributed by atoms with van der Waals surface area (Å²) in [6.07, 6.45) is 0. The first-order chi connectivity index (χ1) is 12.9. The van der Waals surface area contributed by atoms with Gasteiger partial charge in [0, 0.05) is 21.9 Å². The molecule has 0 amide bonds. The maximum absolute atomic E-state index is 3.60. The molecule has 0 fully saturated rings. The zero-order chi connectivity index (χ0) is 17.3. The highest BCUT2D eigenvalue weighted by Gasteiger charge is 2.09. The summed E-state index contributed by atoms with van der Waals surface area (Å²) in [5.74, 6) is 0. The van der Waals surface area contributed by atoms with Gasteiger partial charge in [0.25, 0.3) is 0 Å². The Hall–Kier alpha value is -2.89. The molecular weight excluding hydrogens is 333 g/mol. The van der Waals surface area contributed by atoms with Crippen LogP contribution in [0.15, 0.2) is 97.1 Å². The number of nitrogens with one attached hydrogen (secondary N) is 1. The van der Waals surface area contributed by atoms with E-state index in [4.69, 9.17) is 0 Å². The van der Waals surface area contributed by atoms with Crippen LogP contribution in [0.3, 0.4) is 0 Å². The number of rotatable bonds is 3. The lowest BCUT2D eigenvalue weighted by Crippen LogP contribution is -2.02. The predicted octanol–water partition coefficient (Wildman–Crippen LogP) is 5.62. The van der Waals surface area contributed by atoms with E-state index in [0.29, 0.717) is 8.58 Å². The maximum Gasteiger partial charge on any atom is 0.0544 e. The summed E-state index contributed by atoms with van der Waals surface area (Å²) in [6, 6.07) is 34.7. The molecule has 1 nitrogen and oxygen atoms in total. The van der Waals surface area contributed by atoms with E-state index in [9.17, 15) is 0 Å². The van der Waals surface area contributed by atoms with Crippen molar-refractivity contribution in [2.24, 2.45) is 0 Å². The minimum absolute atomic E-state index is 0.696. The van der Waals surface area contributed by atoms with Gasteiger partial charge in [0.2, 0.25) is 0 Å². The molecule has 0 aliphatic rings. The first-order valence-electron chi connectivity index (χ1n) is 8.80. The lowest BCUT2D eigenvalue weighted by Gasteiger charge is -2.06.